The zero-order valence-electron chi connectivity index (χ0n) is 21.0. The Balaban J connectivity index is 1.71. The predicted molar refractivity (Wildman–Crippen MR) is 147 cm³/mol. The Kier molecular flexibility index (Phi) is 7.98. The van der Waals surface area contributed by atoms with E-state index in [2.05, 4.69) is 10.6 Å². The van der Waals surface area contributed by atoms with Crippen LogP contribution in [-0.4, -0.2) is 29.8 Å². The van der Waals surface area contributed by atoms with Gasteiger partial charge in [0, 0.05) is 30.5 Å². The zero-order chi connectivity index (χ0) is 26.4. The second-order valence-electron chi connectivity index (χ2n) is 9.15. The van der Waals surface area contributed by atoms with Crippen LogP contribution < -0.4 is 15.5 Å². The van der Waals surface area contributed by atoms with Gasteiger partial charge in [-0.25, -0.2) is 0 Å². The van der Waals surface area contributed by atoms with Crippen molar-refractivity contribution in [2.45, 2.75) is 33.1 Å². The van der Waals surface area contributed by atoms with Crippen LogP contribution in [0.3, 0.4) is 0 Å². The normalized spacial score (nSPS) is 13.0. The molecule has 1 heterocycles. The van der Waals surface area contributed by atoms with Gasteiger partial charge in [-0.15, -0.1) is 0 Å². The maximum atomic E-state index is 13.3. The van der Waals surface area contributed by atoms with Gasteiger partial charge in [-0.3, -0.25) is 19.7 Å². The van der Waals surface area contributed by atoms with Crippen molar-refractivity contribution in [3.05, 3.63) is 99.1 Å². The monoisotopic (exact) mass is 498 g/mol. The number of nitrogens with one attached hydrogen (secondary N) is 2. The molecule has 0 atom stereocenters. The SMILES string of the molecule is Cc1ccccc1NC(=O)C(=Cc1ccc(N2CCCCC2)c([N+](=O)[O-])c1)C(=O)Nc1ccccc1C. The summed E-state index contributed by atoms with van der Waals surface area (Å²) in [7, 11) is 0. The Labute approximate surface area is 216 Å². The summed E-state index contributed by atoms with van der Waals surface area (Å²) in [4.78, 5) is 40.2. The number of rotatable bonds is 7. The van der Waals surface area contributed by atoms with Gasteiger partial charge in [0.15, 0.2) is 0 Å². The topological polar surface area (TPSA) is 105 Å². The first-order chi connectivity index (χ1) is 17.8. The molecule has 4 rings (SSSR count). The number of amides is 2. The van der Waals surface area contributed by atoms with Crippen molar-refractivity contribution in [2.24, 2.45) is 0 Å². The number of hydrogen-bond donors (Lipinski definition) is 2. The van der Waals surface area contributed by atoms with Gasteiger partial charge in [0.2, 0.25) is 0 Å². The highest BCUT2D eigenvalue weighted by atomic mass is 16.6. The zero-order valence-corrected chi connectivity index (χ0v) is 21.0. The van der Waals surface area contributed by atoms with Gasteiger partial charge >= 0.3 is 0 Å². The first-order valence-corrected chi connectivity index (χ1v) is 12.3. The third-order valence-electron chi connectivity index (χ3n) is 6.48. The van der Waals surface area contributed by atoms with Crippen molar-refractivity contribution in [1.29, 1.82) is 0 Å². The quantitative estimate of drug-likeness (QED) is 0.140. The molecule has 0 aliphatic carbocycles. The van der Waals surface area contributed by atoms with E-state index >= 15 is 0 Å². The minimum Gasteiger partial charge on any atom is -0.366 e. The lowest BCUT2D eigenvalue weighted by molar-refractivity contribution is -0.384. The number of benzene rings is 3. The third kappa shape index (κ3) is 6.22. The average Bonchev–Trinajstić information content (AvgIpc) is 2.90. The molecule has 190 valence electrons. The summed E-state index contributed by atoms with van der Waals surface area (Å²) < 4.78 is 0. The van der Waals surface area contributed by atoms with Crippen LogP contribution >= 0.6 is 0 Å². The Hall–Kier alpha value is -4.46. The molecule has 0 radical (unpaired) electrons. The molecule has 8 nitrogen and oxygen atoms in total. The van der Waals surface area contributed by atoms with E-state index in [1.165, 1.54) is 12.1 Å². The average molecular weight is 499 g/mol. The van der Waals surface area contributed by atoms with Crippen LogP contribution in [0.15, 0.2) is 72.3 Å². The molecule has 3 aromatic rings. The number of hydrogen-bond acceptors (Lipinski definition) is 5. The first kappa shape index (κ1) is 25.6. The summed E-state index contributed by atoms with van der Waals surface area (Å²) in [5.74, 6) is -1.22. The molecule has 0 spiro atoms. The molecule has 8 heteroatoms. The molecule has 2 N–H and O–H groups in total. The highest BCUT2D eigenvalue weighted by Gasteiger charge is 2.24. The van der Waals surface area contributed by atoms with Gasteiger partial charge in [-0.05, 0) is 74.1 Å². The fourth-order valence-corrected chi connectivity index (χ4v) is 4.39. The second-order valence-corrected chi connectivity index (χ2v) is 9.15. The number of carbonyl (C=O) groups is 2. The molecule has 0 unspecified atom stereocenters. The summed E-state index contributed by atoms with van der Waals surface area (Å²) in [5.41, 5.74) is 3.58. The van der Waals surface area contributed by atoms with E-state index in [4.69, 9.17) is 0 Å². The van der Waals surface area contributed by atoms with E-state index < -0.39 is 16.7 Å². The third-order valence-corrected chi connectivity index (χ3v) is 6.48. The maximum Gasteiger partial charge on any atom is 0.293 e. The summed E-state index contributed by atoms with van der Waals surface area (Å²) in [5, 5.41) is 17.5. The molecular formula is C29H30N4O4. The molecule has 1 fully saturated rings. The Morgan fingerprint density at radius 1 is 0.838 bits per heavy atom. The predicted octanol–water partition coefficient (Wildman–Crippen LogP) is 5.86. The van der Waals surface area contributed by atoms with E-state index in [1.54, 1.807) is 36.4 Å². The number of anilines is 3. The van der Waals surface area contributed by atoms with Crippen LogP contribution in [0.4, 0.5) is 22.7 Å². The minimum atomic E-state index is -0.608. The van der Waals surface area contributed by atoms with E-state index in [9.17, 15) is 19.7 Å². The van der Waals surface area contributed by atoms with Crippen molar-refractivity contribution in [1.82, 2.24) is 0 Å². The van der Waals surface area contributed by atoms with Crippen LogP contribution in [0.2, 0.25) is 0 Å². The highest BCUT2D eigenvalue weighted by Crippen LogP contribution is 2.32. The molecule has 3 aromatic carbocycles. The molecule has 0 saturated carbocycles. The van der Waals surface area contributed by atoms with Gasteiger partial charge in [0.25, 0.3) is 17.5 Å². The van der Waals surface area contributed by atoms with E-state index in [1.807, 2.05) is 43.0 Å². The number of aryl methyl sites for hydroxylation is 2. The fraction of sp³-hybridized carbons (Fsp3) is 0.241. The lowest BCUT2D eigenvalue weighted by atomic mass is 10.0. The van der Waals surface area contributed by atoms with Gasteiger partial charge in [0.1, 0.15) is 11.3 Å². The first-order valence-electron chi connectivity index (χ1n) is 12.3. The smallest absolute Gasteiger partial charge is 0.293 e. The Bertz CT molecular complexity index is 1300. The molecular weight excluding hydrogens is 468 g/mol. The summed E-state index contributed by atoms with van der Waals surface area (Å²) in [6.45, 7) is 5.24. The van der Waals surface area contributed by atoms with Crippen LogP contribution in [0, 0.1) is 24.0 Å². The number of para-hydroxylation sites is 2. The molecule has 0 aromatic heterocycles. The van der Waals surface area contributed by atoms with E-state index in [-0.39, 0.29) is 11.3 Å². The Morgan fingerprint density at radius 3 is 1.89 bits per heavy atom. The van der Waals surface area contributed by atoms with Gasteiger partial charge < -0.3 is 15.5 Å². The number of piperidine rings is 1. The molecule has 1 aliphatic heterocycles. The van der Waals surface area contributed by atoms with Gasteiger partial charge in [-0.1, -0.05) is 42.5 Å². The standard InChI is InChI=1S/C29H30N4O4/c1-20-10-4-6-12-24(20)30-28(34)23(29(35)31-25-13-7-5-11-21(25)2)18-22-14-15-26(27(19-22)33(36)37)32-16-8-3-9-17-32/h4-7,10-15,18-19H,3,8-9,16-17H2,1-2H3,(H,30,34)(H,31,35). The van der Waals surface area contributed by atoms with Crippen LogP contribution in [-0.2, 0) is 9.59 Å². The van der Waals surface area contributed by atoms with Crippen molar-refractivity contribution in [3.63, 3.8) is 0 Å². The highest BCUT2D eigenvalue weighted by molar-refractivity contribution is 6.29. The van der Waals surface area contributed by atoms with Crippen LogP contribution in [0.25, 0.3) is 6.08 Å². The van der Waals surface area contributed by atoms with E-state index in [0.717, 1.165) is 43.5 Å². The van der Waals surface area contributed by atoms with Gasteiger partial charge in [-0.2, -0.15) is 0 Å². The van der Waals surface area contributed by atoms with Crippen molar-refractivity contribution < 1.29 is 14.5 Å². The van der Waals surface area contributed by atoms with Crippen molar-refractivity contribution >= 4 is 40.6 Å². The van der Waals surface area contributed by atoms with Crippen molar-refractivity contribution in [2.75, 3.05) is 28.6 Å². The summed E-state index contributed by atoms with van der Waals surface area (Å²) in [6.07, 6.45) is 4.48. The lowest BCUT2D eigenvalue weighted by Gasteiger charge is -2.28. The summed E-state index contributed by atoms with van der Waals surface area (Å²) >= 11 is 0. The number of nitrogens with zero attached hydrogens (tertiary/aromatic N) is 2. The second kappa shape index (κ2) is 11.5. The number of nitro benzene ring substituents is 1. The maximum absolute atomic E-state index is 13.3. The van der Waals surface area contributed by atoms with Gasteiger partial charge in [0.05, 0.1) is 4.92 Å². The largest absolute Gasteiger partial charge is 0.366 e. The summed E-state index contributed by atoms with van der Waals surface area (Å²) in [6, 6.07) is 19.3. The number of nitro groups is 1. The van der Waals surface area contributed by atoms with Crippen LogP contribution in [0.5, 0.6) is 0 Å². The molecule has 37 heavy (non-hydrogen) atoms. The van der Waals surface area contributed by atoms with E-state index in [0.29, 0.717) is 22.6 Å². The minimum absolute atomic E-state index is 0.0476. The molecule has 1 aliphatic rings. The van der Waals surface area contributed by atoms with Crippen molar-refractivity contribution in [3.8, 4) is 0 Å². The molecule has 2 amide bonds. The Morgan fingerprint density at radius 2 is 1.38 bits per heavy atom. The fourth-order valence-electron chi connectivity index (χ4n) is 4.39. The molecule has 1 saturated heterocycles. The van der Waals surface area contributed by atoms with Crippen LogP contribution in [0.1, 0.15) is 36.0 Å². The number of carbonyl (C=O) groups excluding carboxylic acids is 2. The lowest BCUT2D eigenvalue weighted by Crippen LogP contribution is -2.30. The molecule has 0 bridgehead atoms.